The molecule has 1 amide bonds. The summed E-state index contributed by atoms with van der Waals surface area (Å²) in [4.78, 5) is 24.2. The normalized spacial score (nSPS) is 22.4. The number of fused-ring (bicyclic) bond motifs is 4. The molecule has 7 rings (SSSR count). The number of aromatic nitrogens is 1. The van der Waals surface area contributed by atoms with Crippen LogP contribution in [-0.2, 0) is 11.2 Å². The first kappa shape index (κ1) is 25.1. The average molecular weight is 534 g/mol. The molecule has 2 saturated heterocycles. The molecular weight excluding hydrogens is 498 g/mol. The Morgan fingerprint density at radius 2 is 2.08 bits per heavy atom. The summed E-state index contributed by atoms with van der Waals surface area (Å²) in [6.45, 7) is 3.87. The van der Waals surface area contributed by atoms with E-state index >= 15 is 0 Å². The Bertz CT molecular complexity index is 1600. The zero-order valence-electron chi connectivity index (χ0n) is 23.2. The number of phenolic OH excluding ortho intramolecular Hbond substituents is 1. The number of likely N-dealkylation sites (N-methyl/N-ethyl adjacent to an activating group) is 1. The van der Waals surface area contributed by atoms with Crippen molar-refractivity contribution in [2.45, 2.75) is 31.6 Å². The molecule has 204 valence electrons. The number of carbonyl (C=O) groups excluding carboxylic acids is 1. The molecular formula is C33H35N5O2. The van der Waals surface area contributed by atoms with Crippen LogP contribution in [0.2, 0.25) is 0 Å². The summed E-state index contributed by atoms with van der Waals surface area (Å²) >= 11 is 0. The van der Waals surface area contributed by atoms with Crippen molar-refractivity contribution in [1.82, 2.24) is 14.8 Å². The highest BCUT2D eigenvalue weighted by atomic mass is 16.3. The molecule has 0 unspecified atom stereocenters. The number of carbonyl (C=O) groups is 1. The van der Waals surface area contributed by atoms with E-state index in [1.54, 1.807) is 12.1 Å². The Morgan fingerprint density at radius 3 is 2.88 bits per heavy atom. The second-order valence-corrected chi connectivity index (χ2v) is 12.5. The summed E-state index contributed by atoms with van der Waals surface area (Å²) in [6.07, 6.45) is 7.82. The highest BCUT2D eigenvalue weighted by molar-refractivity contribution is 6.01. The predicted molar refractivity (Wildman–Crippen MR) is 156 cm³/mol. The van der Waals surface area contributed by atoms with E-state index in [4.69, 9.17) is 4.98 Å². The van der Waals surface area contributed by atoms with Crippen LogP contribution >= 0.6 is 0 Å². The summed E-state index contributed by atoms with van der Waals surface area (Å²) < 4.78 is 0. The van der Waals surface area contributed by atoms with Crippen molar-refractivity contribution < 1.29 is 9.90 Å². The van der Waals surface area contributed by atoms with Gasteiger partial charge in [0.05, 0.1) is 5.69 Å². The van der Waals surface area contributed by atoms with E-state index in [-0.39, 0.29) is 17.1 Å². The van der Waals surface area contributed by atoms with Crippen LogP contribution < -0.4 is 4.90 Å². The Labute approximate surface area is 235 Å². The van der Waals surface area contributed by atoms with Crippen molar-refractivity contribution in [2.24, 2.45) is 11.3 Å². The van der Waals surface area contributed by atoms with Gasteiger partial charge < -0.3 is 19.8 Å². The average Bonchev–Trinajstić information content (AvgIpc) is 3.59. The molecule has 2 atom stereocenters. The van der Waals surface area contributed by atoms with E-state index in [9.17, 15) is 15.2 Å². The quantitative estimate of drug-likeness (QED) is 0.480. The molecule has 3 fully saturated rings. The van der Waals surface area contributed by atoms with Gasteiger partial charge in [-0.15, -0.1) is 0 Å². The standard InChI is InChI=1S/C33H35N5O2/c1-36(2)12-5-8-29(40)38-19-33(20-38)11-13-37(18-33)32-28(17-34)30(25-10-9-22-15-26(22)31(25)35-32)27-16-23(39)14-21-6-3-4-7-24(21)27/h3-8,14,16,22,26,39H,9-13,15,18-20H2,1-2H3/b8-5+/t22-,26+/m1/s1. The summed E-state index contributed by atoms with van der Waals surface area (Å²) in [5, 5.41) is 23.3. The van der Waals surface area contributed by atoms with E-state index in [1.165, 1.54) is 12.0 Å². The SMILES string of the molecule is CN(C)C/C=C/C(=O)N1CC2(CCN(c3nc4c(c(-c5cc(O)cc6ccccc56)c3C#N)CC[C@@H]3C[C@H]43)C2)C1. The van der Waals surface area contributed by atoms with Gasteiger partial charge in [-0.05, 0) is 79.7 Å². The molecule has 3 aromatic rings. The van der Waals surface area contributed by atoms with E-state index in [1.807, 2.05) is 54.2 Å². The zero-order chi connectivity index (χ0) is 27.6. The minimum atomic E-state index is 0.0509. The summed E-state index contributed by atoms with van der Waals surface area (Å²) in [5.74, 6) is 2.24. The fourth-order valence-electron chi connectivity index (χ4n) is 7.32. The molecule has 0 bridgehead atoms. The molecule has 2 aliphatic heterocycles. The number of hydrogen-bond acceptors (Lipinski definition) is 6. The molecule has 40 heavy (non-hydrogen) atoms. The van der Waals surface area contributed by atoms with Crippen molar-refractivity contribution in [2.75, 3.05) is 51.7 Å². The minimum Gasteiger partial charge on any atom is -0.508 e. The molecule has 2 aliphatic carbocycles. The topological polar surface area (TPSA) is 83.7 Å². The first-order valence-corrected chi connectivity index (χ1v) is 14.4. The summed E-state index contributed by atoms with van der Waals surface area (Å²) in [5.41, 5.74) is 4.89. The van der Waals surface area contributed by atoms with Crippen LogP contribution in [0.15, 0.2) is 48.6 Å². The van der Waals surface area contributed by atoms with Crippen molar-refractivity contribution in [3.05, 3.63) is 65.4 Å². The lowest BCUT2D eigenvalue weighted by molar-refractivity contribution is -0.136. The minimum absolute atomic E-state index is 0.0509. The second-order valence-electron chi connectivity index (χ2n) is 12.5. The molecule has 7 heteroatoms. The maximum atomic E-state index is 12.7. The van der Waals surface area contributed by atoms with E-state index < -0.39 is 0 Å². The second kappa shape index (κ2) is 9.35. The number of phenols is 1. The number of rotatable bonds is 5. The van der Waals surface area contributed by atoms with Crippen LogP contribution in [0, 0.1) is 22.7 Å². The molecule has 4 aliphatic rings. The van der Waals surface area contributed by atoms with Crippen LogP contribution in [0.3, 0.4) is 0 Å². The Morgan fingerprint density at radius 1 is 1.25 bits per heavy atom. The zero-order valence-corrected chi connectivity index (χ0v) is 23.2. The Balaban J connectivity index is 1.25. The summed E-state index contributed by atoms with van der Waals surface area (Å²) in [6, 6.07) is 14.3. The maximum absolute atomic E-state index is 12.7. The Kier molecular flexibility index (Phi) is 5.87. The van der Waals surface area contributed by atoms with Crippen molar-refractivity contribution in [1.29, 1.82) is 5.26 Å². The van der Waals surface area contributed by atoms with Crippen LogP contribution in [0.5, 0.6) is 5.75 Å². The highest BCUT2D eigenvalue weighted by Crippen LogP contribution is 2.57. The molecule has 1 aromatic heterocycles. The number of benzene rings is 2. The monoisotopic (exact) mass is 533 g/mol. The van der Waals surface area contributed by atoms with E-state index in [0.29, 0.717) is 17.4 Å². The number of nitrogens with zero attached hydrogens (tertiary/aromatic N) is 5. The first-order valence-electron chi connectivity index (χ1n) is 14.4. The van der Waals surface area contributed by atoms with E-state index in [2.05, 4.69) is 17.0 Å². The third-order valence-corrected chi connectivity index (χ3v) is 9.41. The number of amides is 1. The van der Waals surface area contributed by atoms with Crippen molar-refractivity contribution in [3.63, 3.8) is 0 Å². The maximum Gasteiger partial charge on any atom is 0.246 e. The number of likely N-dealkylation sites (tertiary alicyclic amines) is 1. The lowest BCUT2D eigenvalue weighted by Gasteiger charge is -2.47. The van der Waals surface area contributed by atoms with Crippen LogP contribution in [0.4, 0.5) is 5.82 Å². The molecule has 7 nitrogen and oxygen atoms in total. The van der Waals surface area contributed by atoms with Gasteiger partial charge in [-0.2, -0.15) is 5.26 Å². The number of anilines is 1. The van der Waals surface area contributed by atoms with Gasteiger partial charge in [0.25, 0.3) is 0 Å². The fraction of sp³-hybridized carbons (Fsp3) is 0.424. The number of nitriles is 1. The lowest BCUT2D eigenvalue weighted by atomic mass is 9.79. The predicted octanol–water partition coefficient (Wildman–Crippen LogP) is 4.69. The number of aromatic hydroxyl groups is 1. The first-order chi connectivity index (χ1) is 19.4. The lowest BCUT2D eigenvalue weighted by Crippen LogP contribution is -2.59. The molecule has 1 saturated carbocycles. The third-order valence-electron chi connectivity index (χ3n) is 9.41. The van der Waals surface area contributed by atoms with Crippen molar-refractivity contribution in [3.8, 4) is 22.9 Å². The molecule has 2 aromatic carbocycles. The van der Waals surface area contributed by atoms with E-state index in [0.717, 1.165) is 85.4 Å². The van der Waals surface area contributed by atoms with Gasteiger partial charge in [-0.25, -0.2) is 4.98 Å². The molecule has 3 heterocycles. The molecule has 1 N–H and O–H groups in total. The smallest absolute Gasteiger partial charge is 0.246 e. The highest BCUT2D eigenvalue weighted by Gasteiger charge is 2.50. The van der Waals surface area contributed by atoms with Gasteiger partial charge in [-0.3, -0.25) is 4.79 Å². The van der Waals surface area contributed by atoms with Crippen LogP contribution in [0.25, 0.3) is 21.9 Å². The van der Waals surface area contributed by atoms with Crippen molar-refractivity contribution >= 4 is 22.5 Å². The van der Waals surface area contributed by atoms with Gasteiger partial charge in [-0.1, -0.05) is 30.3 Å². The van der Waals surface area contributed by atoms with Gasteiger partial charge in [0.1, 0.15) is 23.2 Å². The van der Waals surface area contributed by atoms with Gasteiger partial charge in [0, 0.05) is 55.7 Å². The van der Waals surface area contributed by atoms with Gasteiger partial charge >= 0.3 is 0 Å². The molecule has 0 radical (unpaired) electrons. The summed E-state index contributed by atoms with van der Waals surface area (Å²) in [7, 11) is 3.98. The van der Waals surface area contributed by atoms with Crippen LogP contribution in [0.1, 0.15) is 42.0 Å². The fourth-order valence-corrected chi connectivity index (χ4v) is 7.32. The molecule has 1 spiro atoms. The van der Waals surface area contributed by atoms with Crippen LogP contribution in [-0.4, -0.2) is 72.6 Å². The third kappa shape index (κ3) is 4.13. The number of hydrogen-bond donors (Lipinski definition) is 1. The largest absolute Gasteiger partial charge is 0.508 e. The Hall–Kier alpha value is -3.89. The number of pyridine rings is 1. The van der Waals surface area contributed by atoms with Gasteiger partial charge in [0.2, 0.25) is 5.91 Å². The van der Waals surface area contributed by atoms with Gasteiger partial charge in [0.15, 0.2) is 0 Å².